The summed E-state index contributed by atoms with van der Waals surface area (Å²) < 4.78 is 12.9. The molecule has 1 aromatic rings. The van der Waals surface area contributed by atoms with Crippen LogP contribution in [0.1, 0.15) is 36.0 Å². The first-order chi connectivity index (χ1) is 10.6. The van der Waals surface area contributed by atoms with Crippen molar-refractivity contribution >= 4 is 11.9 Å². The highest BCUT2D eigenvalue weighted by atomic mass is 19.1. The van der Waals surface area contributed by atoms with Gasteiger partial charge >= 0.3 is 6.03 Å². The number of nitrogens with zero attached hydrogens (tertiary/aromatic N) is 1. The van der Waals surface area contributed by atoms with Crippen LogP contribution in [0.2, 0.25) is 0 Å². The molecular weight excluding hydrogens is 285 g/mol. The second kappa shape index (κ2) is 5.94. The highest BCUT2D eigenvalue weighted by Gasteiger charge is 2.43. The number of urea groups is 1. The molecule has 2 aliphatic rings. The van der Waals surface area contributed by atoms with Crippen LogP contribution in [0.15, 0.2) is 24.3 Å². The van der Waals surface area contributed by atoms with Gasteiger partial charge in [-0.15, -0.1) is 0 Å². The summed E-state index contributed by atoms with van der Waals surface area (Å²) in [6.45, 7) is 0. The van der Waals surface area contributed by atoms with Crippen LogP contribution in [0, 0.1) is 5.82 Å². The molecule has 3 rings (SSSR count). The summed E-state index contributed by atoms with van der Waals surface area (Å²) in [4.78, 5) is 26.0. The Morgan fingerprint density at radius 2 is 1.73 bits per heavy atom. The van der Waals surface area contributed by atoms with E-state index >= 15 is 0 Å². The lowest BCUT2D eigenvalue weighted by molar-refractivity contribution is 0.0886. The van der Waals surface area contributed by atoms with Gasteiger partial charge in [-0.05, 0) is 49.9 Å². The Morgan fingerprint density at radius 1 is 1.14 bits per heavy atom. The summed E-state index contributed by atoms with van der Waals surface area (Å²) in [5.41, 5.74) is 0.461. The van der Waals surface area contributed by atoms with Gasteiger partial charge in [-0.2, -0.15) is 0 Å². The van der Waals surface area contributed by atoms with E-state index in [9.17, 15) is 14.0 Å². The summed E-state index contributed by atoms with van der Waals surface area (Å²) in [6, 6.07) is 5.96. The van der Waals surface area contributed by atoms with Crippen molar-refractivity contribution in [1.82, 2.24) is 15.5 Å². The molecule has 2 bridgehead atoms. The SMILES string of the molecule is CNC(=O)N1C2CCC1CC(NC(=O)c1ccc(F)cc1)C2. The van der Waals surface area contributed by atoms with E-state index in [1.54, 1.807) is 7.05 Å². The number of fused-ring (bicyclic) bond motifs is 2. The number of rotatable bonds is 2. The van der Waals surface area contributed by atoms with Crippen LogP contribution in [-0.4, -0.2) is 42.0 Å². The number of carbonyl (C=O) groups excluding carboxylic acids is 2. The molecule has 0 spiro atoms. The molecule has 3 amide bonds. The predicted molar refractivity (Wildman–Crippen MR) is 80.0 cm³/mol. The number of hydrogen-bond donors (Lipinski definition) is 2. The molecule has 2 saturated heterocycles. The van der Waals surface area contributed by atoms with Crippen molar-refractivity contribution in [2.45, 2.75) is 43.8 Å². The average Bonchev–Trinajstić information content (AvgIpc) is 2.78. The molecule has 0 aliphatic carbocycles. The van der Waals surface area contributed by atoms with Crippen molar-refractivity contribution in [3.63, 3.8) is 0 Å². The quantitative estimate of drug-likeness (QED) is 0.876. The van der Waals surface area contributed by atoms with Gasteiger partial charge in [-0.3, -0.25) is 4.79 Å². The number of nitrogens with one attached hydrogen (secondary N) is 2. The van der Waals surface area contributed by atoms with Crippen molar-refractivity contribution in [3.8, 4) is 0 Å². The Kier molecular flexibility index (Phi) is 4.00. The molecule has 2 aliphatic heterocycles. The highest BCUT2D eigenvalue weighted by molar-refractivity contribution is 5.94. The molecule has 0 aromatic heterocycles. The van der Waals surface area contributed by atoms with E-state index in [1.165, 1.54) is 24.3 Å². The zero-order valence-corrected chi connectivity index (χ0v) is 12.5. The van der Waals surface area contributed by atoms with Crippen LogP contribution in [0.25, 0.3) is 0 Å². The van der Waals surface area contributed by atoms with Gasteiger partial charge < -0.3 is 15.5 Å². The first-order valence-corrected chi connectivity index (χ1v) is 7.65. The molecule has 22 heavy (non-hydrogen) atoms. The number of piperidine rings is 1. The molecule has 2 atom stereocenters. The van der Waals surface area contributed by atoms with E-state index in [-0.39, 0.29) is 35.9 Å². The largest absolute Gasteiger partial charge is 0.349 e. The number of halogens is 1. The Labute approximate surface area is 128 Å². The summed E-state index contributed by atoms with van der Waals surface area (Å²) in [7, 11) is 1.64. The second-order valence-corrected chi connectivity index (χ2v) is 6.00. The smallest absolute Gasteiger partial charge is 0.317 e. The highest BCUT2D eigenvalue weighted by Crippen LogP contribution is 2.35. The van der Waals surface area contributed by atoms with E-state index in [2.05, 4.69) is 10.6 Å². The Hall–Kier alpha value is -2.11. The maximum absolute atomic E-state index is 12.9. The predicted octanol–water partition coefficient (Wildman–Crippen LogP) is 1.89. The van der Waals surface area contributed by atoms with Gasteiger partial charge in [0.25, 0.3) is 5.91 Å². The zero-order chi connectivity index (χ0) is 15.7. The molecule has 118 valence electrons. The average molecular weight is 305 g/mol. The van der Waals surface area contributed by atoms with E-state index in [1.807, 2.05) is 4.90 Å². The lowest BCUT2D eigenvalue weighted by Crippen LogP contribution is -2.54. The molecule has 0 radical (unpaired) electrons. The van der Waals surface area contributed by atoms with Crippen LogP contribution in [0.4, 0.5) is 9.18 Å². The van der Waals surface area contributed by atoms with Gasteiger partial charge in [-0.1, -0.05) is 0 Å². The van der Waals surface area contributed by atoms with Crippen molar-refractivity contribution in [2.24, 2.45) is 0 Å². The van der Waals surface area contributed by atoms with Crippen molar-refractivity contribution in [1.29, 1.82) is 0 Å². The lowest BCUT2D eigenvalue weighted by atomic mass is 9.97. The van der Waals surface area contributed by atoms with Crippen LogP contribution in [0.5, 0.6) is 0 Å². The third-order valence-corrected chi connectivity index (χ3v) is 4.62. The Bertz CT molecular complexity index is 561. The summed E-state index contributed by atoms with van der Waals surface area (Å²) in [5.74, 6) is -0.536. The first-order valence-electron chi connectivity index (χ1n) is 7.65. The van der Waals surface area contributed by atoms with Crippen LogP contribution < -0.4 is 10.6 Å². The van der Waals surface area contributed by atoms with Gasteiger partial charge in [0, 0.05) is 30.7 Å². The van der Waals surface area contributed by atoms with Crippen LogP contribution in [-0.2, 0) is 0 Å². The van der Waals surface area contributed by atoms with Crippen molar-refractivity contribution < 1.29 is 14.0 Å². The molecule has 2 fully saturated rings. The molecule has 2 heterocycles. The van der Waals surface area contributed by atoms with Crippen molar-refractivity contribution in [2.75, 3.05) is 7.05 Å². The lowest BCUT2D eigenvalue weighted by Gasteiger charge is -2.38. The molecule has 2 N–H and O–H groups in total. The maximum atomic E-state index is 12.9. The standard InChI is InChI=1S/C16H20FN3O2/c1-18-16(22)20-13-6-7-14(20)9-12(8-13)19-15(21)10-2-4-11(17)5-3-10/h2-5,12-14H,6-9H2,1H3,(H,18,22)(H,19,21). The number of amides is 3. The number of hydrogen-bond acceptors (Lipinski definition) is 2. The van der Waals surface area contributed by atoms with Gasteiger partial charge in [0.15, 0.2) is 0 Å². The number of carbonyl (C=O) groups is 2. The second-order valence-electron chi connectivity index (χ2n) is 6.00. The minimum absolute atomic E-state index is 0.0317. The van der Waals surface area contributed by atoms with Gasteiger partial charge in [-0.25, -0.2) is 9.18 Å². The van der Waals surface area contributed by atoms with Gasteiger partial charge in [0.1, 0.15) is 5.82 Å². The minimum Gasteiger partial charge on any atom is -0.349 e. The summed E-state index contributed by atoms with van der Waals surface area (Å²) >= 11 is 0. The molecule has 5 nitrogen and oxygen atoms in total. The van der Waals surface area contributed by atoms with Crippen molar-refractivity contribution in [3.05, 3.63) is 35.6 Å². The monoisotopic (exact) mass is 305 g/mol. The van der Waals surface area contributed by atoms with Gasteiger partial charge in [0.2, 0.25) is 0 Å². The van der Waals surface area contributed by atoms with E-state index in [0.29, 0.717) is 5.56 Å². The molecule has 0 saturated carbocycles. The Balaban J connectivity index is 1.63. The van der Waals surface area contributed by atoms with E-state index in [4.69, 9.17) is 0 Å². The van der Waals surface area contributed by atoms with E-state index in [0.717, 1.165) is 25.7 Å². The minimum atomic E-state index is -0.353. The summed E-state index contributed by atoms with van der Waals surface area (Å²) in [6.07, 6.45) is 3.52. The third-order valence-electron chi connectivity index (χ3n) is 4.62. The summed E-state index contributed by atoms with van der Waals surface area (Å²) in [5, 5.41) is 5.70. The fourth-order valence-corrected chi connectivity index (χ4v) is 3.63. The maximum Gasteiger partial charge on any atom is 0.317 e. The Morgan fingerprint density at radius 3 is 2.27 bits per heavy atom. The van der Waals surface area contributed by atoms with Crippen LogP contribution in [0.3, 0.4) is 0 Å². The molecular formula is C16H20FN3O2. The van der Waals surface area contributed by atoms with Gasteiger partial charge in [0.05, 0.1) is 0 Å². The normalized spacial score (nSPS) is 26.6. The topological polar surface area (TPSA) is 61.4 Å². The molecule has 6 heteroatoms. The third kappa shape index (κ3) is 2.77. The molecule has 1 aromatic carbocycles. The van der Waals surface area contributed by atoms with E-state index < -0.39 is 0 Å². The molecule has 2 unspecified atom stereocenters. The zero-order valence-electron chi connectivity index (χ0n) is 12.5. The van der Waals surface area contributed by atoms with Crippen LogP contribution >= 0.6 is 0 Å². The first kappa shape index (κ1) is 14.8. The number of benzene rings is 1. The fraction of sp³-hybridized carbons (Fsp3) is 0.500. The fourth-order valence-electron chi connectivity index (χ4n) is 3.63.